The van der Waals surface area contributed by atoms with E-state index in [1.54, 1.807) is 24.3 Å². The van der Waals surface area contributed by atoms with Crippen LogP contribution in [0.1, 0.15) is 43.0 Å². The first-order valence-corrected chi connectivity index (χ1v) is 12.1. The number of ether oxygens (including phenoxy) is 2. The van der Waals surface area contributed by atoms with E-state index in [0.717, 1.165) is 12.1 Å². The number of carbonyl (C=O) groups excluding carboxylic acids is 2. The van der Waals surface area contributed by atoms with Crippen LogP contribution in [0.15, 0.2) is 42.0 Å². The minimum absolute atomic E-state index is 0.0107. The zero-order valence-corrected chi connectivity index (χ0v) is 21.9. The Morgan fingerprint density at radius 1 is 1.14 bits per heavy atom. The Hall–Kier alpha value is -3.52. The highest BCUT2D eigenvalue weighted by Gasteiger charge is 2.46. The van der Waals surface area contributed by atoms with E-state index in [1.165, 1.54) is 18.1 Å². The molecule has 0 unspecified atom stereocenters. The number of rotatable bonds is 10. The predicted molar refractivity (Wildman–Crippen MR) is 138 cm³/mol. The Kier molecular flexibility index (Phi) is 8.63. The molecule has 0 bridgehead atoms. The van der Waals surface area contributed by atoms with Crippen LogP contribution in [-0.4, -0.2) is 72.6 Å². The van der Waals surface area contributed by atoms with Crippen LogP contribution >= 0.6 is 0 Å². The number of phenols is 1. The highest BCUT2D eigenvalue weighted by atomic mass is 16.5. The number of aromatic hydroxyl groups is 1. The summed E-state index contributed by atoms with van der Waals surface area (Å²) in [4.78, 5) is 29.9. The maximum atomic E-state index is 13.3. The van der Waals surface area contributed by atoms with Gasteiger partial charge >= 0.3 is 0 Å². The van der Waals surface area contributed by atoms with E-state index in [1.807, 2.05) is 32.0 Å². The highest BCUT2D eigenvalue weighted by molar-refractivity contribution is 6.46. The number of nitrogens with zero attached hydrogens (tertiary/aromatic N) is 2. The van der Waals surface area contributed by atoms with E-state index in [0.29, 0.717) is 42.4 Å². The van der Waals surface area contributed by atoms with Crippen LogP contribution in [0.5, 0.6) is 17.2 Å². The van der Waals surface area contributed by atoms with Gasteiger partial charge < -0.3 is 29.5 Å². The largest absolute Gasteiger partial charge is 0.507 e. The minimum atomic E-state index is -0.821. The van der Waals surface area contributed by atoms with E-state index >= 15 is 0 Å². The van der Waals surface area contributed by atoms with Crippen molar-refractivity contribution < 1.29 is 29.3 Å². The van der Waals surface area contributed by atoms with Crippen LogP contribution in [0.4, 0.5) is 0 Å². The summed E-state index contributed by atoms with van der Waals surface area (Å²) in [6, 6.07) is 9.12. The molecule has 0 spiro atoms. The molecule has 0 aromatic heterocycles. The normalized spacial score (nSPS) is 17.3. The lowest BCUT2D eigenvalue weighted by Gasteiger charge is -2.26. The Morgan fingerprint density at radius 3 is 2.47 bits per heavy atom. The van der Waals surface area contributed by atoms with Gasteiger partial charge in [0.2, 0.25) is 0 Å². The third-order valence-corrected chi connectivity index (χ3v) is 6.10. The van der Waals surface area contributed by atoms with Gasteiger partial charge in [0.1, 0.15) is 11.5 Å². The van der Waals surface area contributed by atoms with Crippen molar-refractivity contribution >= 4 is 17.4 Å². The van der Waals surface area contributed by atoms with Gasteiger partial charge in [-0.2, -0.15) is 0 Å². The van der Waals surface area contributed by atoms with Gasteiger partial charge in [0.25, 0.3) is 11.7 Å². The van der Waals surface area contributed by atoms with Gasteiger partial charge in [0.05, 0.1) is 25.3 Å². The summed E-state index contributed by atoms with van der Waals surface area (Å²) in [5.41, 5.74) is 1.74. The van der Waals surface area contributed by atoms with Gasteiger partial charge in [0.15, 0.2) is 11.5 Å². The van der Waals surface area contributed by atoms with Crippen LogP contribution in [0.25, 0.3) is 5.76 Å². The number of phenolic OH excluding ortho intramolecular Hbond substituents is 1. The SMILES string of the molecule is COc1cc([C@@H]2/C(=C(\O)c3ccc(OCC(C)C)cc3C)C(=O)C(=O)N2CCCN(C)C)ccc1O. The molecule has 0 radical (unpaired) electrons. The average Bonchev–Trinajstić information content (AvgIpc) is 3.07. The van der Waals surface area contributed by atoms with Crippen molar-refractivity contribution in [3.63, 3.8) is 0 Å². The molecule has 8 heteroatoms. The topological polar surface area (TPSA) is 99.5 Å². The highest BCUT2D eigenvalue weighted by Crippen LogP contribution is 2.42. The molecule has 0 saturated carbocycles. The summed E-state index contributed by atoms with van der Waals surface area (Å²) < 4.78 is 11.0. The maximum absolute atomic E-state index is 13.3. The van der Waals surface area contributed by atoms with Crippen LogP contribution < -0.4 is 9.47 Å². The van der Waals surface area contributed by atoms with Crippen molar-refractivity contribution in [1.82, 2.24) is 9.80 Å². The second-order valence-corrected chi connectivity index (χ2v) is 9.76. The molecule has 1 aliphatic heterocycles. The summed E-state index contributed by atoms with van der Waals surface area (Å²) in [6.45, 7) is 7.56. The molecule has 8 nitrogen and oxygen atoms in total. The summed E-state index contributed by atoms with van der Waals surface area (Å²) in [6.07, 6.45) is 0.646. The first-order valence-electron chi connectivity index (χ1n) is 12.1. The average molecular weight is 497 g/mol. The van der Waals surface area contributed by atoms with Crippen LogP contribution in [0, 0.1) is 12.8 Å². The molecular formula is C28H36N2O6. The standard InChI is InChI=1S/C28H36N2O6/c1-17(2)16-36-20-9-10-21(18(3)14-20)26(32)24-25(19-8-11-22(31)23(15-19)35-6)30(28(34)27(24)33)13-7-12-29(4)5/h8-11,14-15,17,25,31-32H,7,12-13,16H2,1-6H3/b26-24+/t25-/m1/s1. The van der Waals surface area contributed by atoms with Crippen LogP contribution in [0.2, 0.25) is 0 Å². The second-order valence-electron chi connectivity index (χ2n) is 9.76. The Balaban J connectivity index is 2.10. The summed E-state index contributed by atoms with van der Waals surface area (Å²) in [5, 5.41) is 21.5. The van der Waals surface area contributed by atoms with Crippen molar-refractivity contribution in [1.29, 1.82) is 0 Å². The van der Waals surface area contributed by atoms with Crippen molar-refractivity contribution in [3.8, 4) is 17.2 Å². The third kappa shape index (κ3) is 5.82. The van der Waals surface area contributed by atoms with Crippen molar-refractivity contribution in [2.24, 2.45) is 5.92 Å². The Labute approximate surface area is 212 Å². The lowest BCUT2D eigenvalue weighted by atomic mass is 9.93. The molecule has 1 atom stereocenters. The number of amides is 1. The van der Waals surface area contributed by atoms with E-state index in [4.69, 9.17) is 9.47 Å². The molecule has 1 saturated heterocycles. The van der Waals surface area contributed by atoms with Gasteiger partial charge in [-0.1, -0.05) is 19.9 Å². The Bertz CT molecular complexity index is 1150. The summed E-state index contributed by atoms with van der Waals surface area (Å²) in [7, 11) is 5.31. The number of hydrogen-bond acceptors (Lipinski definition) is 7. The first kappa shape index (κ1) is 27.1. The molecule has 1 fully saturated rings. The number of aryl methyl sites for hydroxylation is 1. The van der Waals surface area contributed by atoms with Crippen LogP contribution in [0.3, 0.4) is 0 Å². The van der Waals surface area contributed by atoms with E-state index in [9.17, 15) is 19.8 Å². The van der Waals surface area contributed by atoms with Gasteiger partial charge in [-0.25, -0.2) is 0 Å². The number of benzene rings is 2. The number of methoxy groups -OCH3 is 1. The molecule has 1 aliphatic rings. The molecule has 2 N–H and O–H groups in total. The number of ketones is 1. The maximum Gasteiger partial charge on any atom is 0.295 e. The molecule has 2 aromatic rings. The van der Waals surface area contributed by atoms with Crippen molar-refractivity contribution in [3.05, 3.63) is 58.7 Å². The monoisotopic (exact) mass is 496 g/mol. The molecule has 2 aromatic carbocycles. The lowest BCUT2D eigenvalue weighted by molar-refractivity contribution is -0.139. The fourth-order valence-electron chi connectivity index (χ4n) is 4.28. The lowest BCUT2D eigenvalue weighted by Crippen LogP contribution is -2.32. The molecular weight excluding hydrogens is 460 g/mol. The fourth-order valence-corrected chi connectivity index (χ4v) is 4.28. The van der Waals surface area contributed by atoms with Crippen molar-refractivity contribution in [2.45, 2.75) is 33.2 Å². The third-order valence-electron chi connectivity index (χ3n) is 6.10. The zero-order valence-electron chi connectivity index (χ0n) is 21.9. The molecule has 3 rings (SSSR count). The molecule has 1 amide bonds. The number of carbonyl (C=O) groups is 2. The summed E-state index contributed by atoms with van der Waals surface area (Å²) in [5.74, 6) is -0.456. The number of Topliss-reactive ketones (excluding diaryl/α,β-unsaturated/α-hetero) is 1. The number of likely N-dealkylation sites (tertiary alicyclic amines) is 1. The minimum Gasteiger partial charge on any atom is -0.507 e. The van der Waals surface area contributed by atoms with Crippen LogP contribution in [-0.2, 0) is 9.59 Å². The zero-order chi connectivity index (χ0) is 26.6. The second kappa shape index (κ2) is 11.5. The molecule has 0 aliphatic carbocycles. The van der Waals surface area contributed by atoms with E-state index in [2.05, 4.69) is 13.8 Å². The van der Waals surface area contributed by atoms with Gasteiger partial charge in [0, 0.05) is 12.1 Å². The molecule has 36 heavy (non-hydrogen) atoms. The van der Waals surface area contributed by atoms with Gasteiger partial charge in [-0.3, -0.25) is 9.59 Å². The predicted octanol–water partition coefficient (Wildman–Crippen LogP) is 4.12. The van der Waals surface area contributed by atoms with E-state index < -0.39 is 17.7 Å². The molecule has 1 heterocycles. The van der Waals surface area contributed by atoms with Gasteiger partial charge in [-0.15, -0.1) is 0 Å². The fraction of sp³-hybridized carbons (Fsp3) is 0.429. The number of aliphatic hydroxyl groups excluding tert-OH is 1. The Morgan fingerprint density at radius 2 is 1.86 bits per heavy atom. The van der Waals surface area contributed by atoms with Crippen molar-refractivity contribution in [2.75, 3.05) is 40.9 Å². The quantitative estimate of drug-likeness (QED) is 0.290. The first-order chi connectivity index (χ1) is 17.0. The molecule has 194 valence electrons. The summed E-state index contributed by atoms with van der Waals surface area (Å²) >= 11 is 0. The van der Waals surface area contributed by atoms with Gasteiger partial charge in [-0.05, 0) is 81.4 Å². The number of hydrogen-bond donors (Lipinski definition) is 2. The smallest absolute Gasteiger partial charge is 0.295 e. The number of aliphatic hydroxyl groups is 1. The van der Waals surface area contributed by atoms with E-state index in [-0.39, 0.29) is 22.8 Å².